The Bertz CT molecular complexity index is 492. The van der Waals surface area contributed by atoms with Crippen LogP contribution < -0.4 is 10.5 Å². The number of benzene rings is 1. The number of likely N-dealkylation sites (tertiary alicyclic amines) is 1. The van der Waals surface area contributed by atoms with E-state index < -0.39 is 5.60 Å². The second-order valence-electron chi connectivity index (χ2n) is 5.93. The number of nitrogens with two attached hydrogens (primary N) is 1. The van der Waals surface area contributed by atoms with Gasteiger partial charge in [0.25, 0.3) is 0 Å². The fourth-order valence-electron chi connectivity index (χ4n) is 2.71. The Hall–Kier alpha value is -1.59. The summed E-state index contributed by atoms with van der Waals surface area (Å²) in [5, 5.41) is 10.7. The summed E-state index contributed by atoms with van der Waals surface area (Å²) in [6, 6.07) is 7.80. The number of nitrogens with zero attached hydrogens (tertiary/aromatic N) is 1. The van der Waals surface area contributed by atoms with Crippen LogP contribution in [0.3, 0.4) is 0 Å². The summed E-state index contributed by atoms with van der Waals surface area (Å²) in [5.41, 5.74) is 5.44. The standard InChI is InChI=1S/C16H24N2O3/c1-13-4-2-5-14(10-13)21-12-16(20)7-3-8-18(11-16)9-6-15(17)19/h2,4-5,10,20H,3,6-9,11-12H2,1H3,(H2,17,19)/t16-/m0/s1. The first-order chi connectivity index (χ1) is 9.97. The highest BCUT2D eigenvalue weighted by Gasteiger charge is 2.34. The van der Waals surface area contributed by atoms with Crippen molar-refractivity contribution in [3.05, 3.63) is 29.8 Å². The van der Waals surface area contributed by atoms with E-state index in [4.69, 9.17) is 10.5 Å². The molecule has 1 atom stereocenters. The van der Waals surface area contributed by atoms with Gasteiger partial charge in [0.05, 0.1) is 0 Å². The minimum atomic E-state index is -0.861. The van der Waals surface area contributed by atoms with Crippen molar-refractivity contribution in [3.8, 4) is 5.75 Å². The van der Waals surface area contributed by atoms with Gasteiger partial charge in [-0.15, -0.1) is 0 Å². The monoisotopic (exact) mass is 292 g/mol. The maximum atomic E-state index is 10.9. The molecule has 5 nitrogen and oxygen atoms in total. The van der Waals surface area contributed by atoms with Gasteiger partial charge in [-0.25, -0.2) is 0 Å². The van der Waals surface area contributed by atoms with Gasteiger partial charge < -0.3 is 15.6 Å². The lowest BCUT2D eigenvalue weighted by Gasteiger charge is -2.38. The van der Waals surface area contributed by atoms with E-state index in [1.165, 1.54) is 0 Å². The highest BCUT2D eigenvalue weighted by molar-refractivity contribution is 5.73. The zero-order valence-corrected chi connectivity index (χ0v) is 12.5. The zero-order valence-electron chi connectivity index (χ0n) is 12.5. The number of carbonyl (C=O) groups excluding carboxylic acids is 1. The van der Waals surface area contributed by atoms with Crippen molar-refractivity contribution in [2.45, 2.75) is 31.8 Å². The van der Waals surface area contributed by atoms with Gasteiger partial charge in [0.2, 0.25) is 5.91 Å². The topological polar surface area (TPSA) is 75.8 Å². The SMILES string of the molecule is Cc1cccc(OC[C@]2(O)CCCN(CCC(N)=O)C2)c1. The van der Waals surface area contributed by atoms with Gasteiger partial charge in [0, 0.05) is 19.5 Å². The molecule has 2 rings (SSSR count). The average molecular weight is 292 g/mol. The summed E-state index contributed by atoms with van der Waals surface area (Å²) in [7, 11) is 0. The van der Waals surface area contributed by atoms with Crippen LogP contribution in [0.2, 0.25) is 0 Å². The van der Waals surface area contributed by atoms with Crippen molar-refractivity contribution >= 4 is 5.91 Å². The molecule has 1 fully saturated rings. The molecule has 0 saturated carbocycles. The number of aliphatic hydroxyl groups is 1. The first kappa shape index (κ1) is 15.8. The Kier molecular flexibility index (Phi) is 5.20. The molecular weight excluding hydrogens is 268 g/mol. The van der Waals surface area contributed by atoms with E-state index in [0.717, 1.165) is 24.3 Å². The Balaban J connectivity index is 1.87. The van der Waals surface area contributed by atoms with Gasteiger partial charge >= 0.3 is 0 Å². The molecule has 0 spiro atoms. The van der Waals surface area contributed by atoms with Gasteiger partial charge in [0.15, 0.2) is 0 Å². The summed E-state index contributed by atoms with van der Waals surface area (Å²) in [4.78, 5) is 12.9. The predicted octanol–water partition coefficient (Wildman–Crippen LogP) is 1.08. The van der Waals surface area contributed by atoms with E-state index in [9.17, 15) is 9.90 Å². The van der Waals surface area contributed by atoms with E-state index in [0.29, 0.717) is 25.9 Å². The van der Waals surface area contributed by atoms with E-state index in [2.05, 4.69) is 4.90 Å². The minimum Gasteiger partial charge on any atom is -0.491 e. The van der Waals surface area contributed by atoms with Crippen LogP contribution in [0.5, 0.6) is 5.75 Å². The van der Waals surface area contributed by atoms with Gasteiger partial charge in [-0.1, -0.05) is 12.1 Å². The molecule has 0 aliphatic carbocycles. The lowest BCUT2D eigenvalue weighted by molar-refractivity contribution is -0.119. The fraction of sp³-hybridized carbons (Fsp3) is 0.562. The van der Waals surface area contributed by atoms with Crippen molar-refractivity contribution in [3.63, 3.8) is 0 Å². The largest absolute Gasteiger partial charge is 0.491 e. The van der Waals surface area contributed by atoms with Crippen LogP contribution in [0.15, 0.2) is 24.3 Å². The quantitative estimate of drug-likeness (QED) is 0.822. The molecule has 1 aromatic rings. The minimum absolute atomic E-state index is 0.267. The molecule has 3 N–H and O–H groups in total. The maximum Gasteiger partial charge on any atom is 0.218 e. The van der Waals surface area contributed by atoms with Crippen molar-refractivity contribution in [2.75, 3.05) is 26.2 Å². The molecule has 0 bridgehead atoms. The van der Waals surface area contributed by atoms with Crippen LogP contribution in [0.4, 0.5) is 0 Å². The Morgan fingerprint density at radius 2 is 2.33 bits per heavy atom. The number of β-amino-alcohol motifs (C(OH)–C–C–N with tert-alkyl or cyclic N) is 1. The molecule has 5 heteroatoms. The average Bonchev–Trinajstić information content (AvgIpc) is 2.43. The molecule has 0 radical (unpaired) electrons. The molecule has 1 saturated heterocycles. The second kappa shape index (κ2) is 6.91. The lowest BCUT2D eigenvalue weighted by atomic mass is 9.93. The summed E-state index contributed by atoms with van der Waals surface area (Å²) in [5.74, 6) is 0.470. The van der Waals surface area contributed by atoms with Crippen LogP contribution in [0, 0.1) is 6.92 Å². The number of amides is 1. The van der Waals surface area contributed by atoms with Crippen LogP contribution in [-0.4, -0.2) is 47.8 Å². The number of rotatable bonds is 6. The number of hydrogen-bond acceptors (Lipinski definition) is 4. The number of aryl methyl sites for hydroxylation is 1. The third kappa shape index (κ3) is 5.02. The summed E-state index contributed by atoms with van der Waals surface area (Å²) in [6.07, 6.45) is 1.94. The summed E-state index contributed by atoms with van der Waals surface area (Å²) in [6.45, 7) is 4.28. The van der Waals surface area contributed by atoms with Gasteiger partial charge in [-0.2, -0.15) is 0 Å². The lowest BCUT2D eigenvalue weighted by Crippen LogP contribution is -2.52. The Morgan fingerprint density at radius 1 is 1.52 bits per heavy atom. The summed E-state index contributed by atoms with van der Waals surface area (Å²) < 4.78 is 5.73. The predicted molar refractivity (Wildman–Crippen MR) is 81.1 cm³/mol. The van der Waals surface area contributed by atoms with Crippen LogP contribution in [0.1, 0.15) is 24.8 Å². The van der Waals surface area contributed by atoms with E-state index in [1.807, 2.05) is 31.2 Å². The fourth-order valence-corrected chi connectivity index (χ4v) is 2.71. The molecule has 1 amide bonds. The molecular formula is C16H24N2O3. The van der Waals surface area contributed by atoms with Crippen molar-refractivity contribution in [2.24, 2.45) is 5.73 Å². The molecule has 0 unspecified atom stereocenters. The maximum absolute atomic E-state index is 10.9. The highest BCUT2D eigenvalue weighted by Crippen LogP contribution is 2.23. The van der Waals surface area contributed by atoms with Crippen molar-refractivity contribution in [1.29, 1.82) is 0 Å². The Labute approximate surface area is 125 Å². The number of carbonyl (C=O) groups is 1. The molecule has 1 aromatic carbocycles. The molecule has 1 heterocycles. The molecule has 0 aromatic heterocycles. The van der Waals surface area contributed by atoms with E-state index in [1.54, 1.807) is 0 Å². The van der Waals surface area contributed by atoms with Crippen LogP contribution in [-0.2, 0) is 4.79 Å². The number of ether oxygens (including phenoxy) is 1. The van der Waals surface area contributed by atoms with Crippen molar-refractivity contribution in [1.82, 2.24) is 4.90 Å². The normalized spacial score (nSPS) is 23.0. The smallest absolute Gasteiger partial charge is 0.218 e. The third-order valence-electron chi connectivity index (χ3n) is 3.81. The zero-order chi connectivity index (χ0) is 15.3. The highest BCUT2D eigenvalue weighted by atomic mass is 16.5. The number of piperidine rings is 1. The van der Waals surface area contributed by atoms with E-state index >= 15 is 0 Å². The van der Waals surface area contributed by atoms with Crippen LogP contribution in [0.25, 0.3) is 0 Å². The van der Waals surface area contributed by atoms with Crippen LogP contribution >= 0.6 is 0 Å². The first-order valence-electron chi connectivity index (χ1n) is 7.39. The third-order valence-corrected chi connectivity index (χ3v) is 3.81. The number of hydrogen-bond donors (Lipinski definition) is 2. The van der Waals surface area contributed by atoms with Gasteiger partial charge in [-0.05, 0) is 44.0 Å². The molecule has 21 heavy (non-hydrogen) atoms. The number of primary amides is 1. The molecule has 1 aliphatic rings. The Morgan fingerprint density at radius 3 is 3.05 bits per heavy atom. The first-order valence-corrected chi connectivity index (χ1v) is 7.39. The van der Waals surface area contributed by atoms with Gasteiger partial charge in [0.1, 0.15) is 18.0 Å². The molecule has 116 valence electrons. The van der Waals surface area contributed by atoms with E-state index in [-0.39, 0.29) is 12.5 Å². The second-order valence-corrected chi connectivity index (χ2v) is 5.93. The molecule has 1 aliphatic heterocycles. The van der Waals surface area contributed by atoms with Crippen molar-refractivity contribution < 1.29 is 14.6 Å². The summed E-state index contributed by atoms with van der Waals surface area (Å²) >= 11 is 0. The van der Waals surface area contributed by atoms with Gasteiger partial charge in [-0.3, -0.25) is 9.69 Å².